The summed E-state index contributed by atoms with van der Waals surface area (Å²) in [4.78, 5) is 19.4. The van der Waals surface area contributed by atoms with Crippen LogP contribution in [0.4, 0.5) is 9.52 Å². The van der Waals surface area contributed by atoms with E-state index < -0.39 is 0 Å². The number of rotatable bonds is 7. The number of fused-ring (bicyclic) bond motifs is 1. The summed E-state index contributed by atoms with van der Waals surface area (Å²) in [6.45, 7) is 0.345. The molecule has 0 bridgehead atoms. The van der Waals surface area contributed by atoms with Crippen LogP contribution in [-0.2, 0) is 11.3 Å². The molecule has 0 spiro atoms. The van der Waals surface area contributed by atoms with Crippen molar-refractivity contribution >= 4 is 38.7 Å². The van der Waals surface area contributed by atoms with Gasteiger partial charge in [0, 0.05) is 6.08 Å². The molecule has 0 saturated heterocycles. The summed E-state index contributed by atoms with van der Waals surface area (Å²) in [5.41, 5.74) is 2.41. The third kappa shape index (κ3) is 4.78. The molecule has 0 aliphatic rings. The topological polar surface area (TPSA) is 51.7 Å². The molecule has 7 heteroatoms. The standard InChI is InChI=1S/C25H21FN2O3S/c1-30-21-12-8-17(14-22(21)31-2)9-13-24(29)28(16-18-6-4-3-5-7-18)25-27-20-11-10-19(26)15-23(20)32-25/h3-15H,16H2,1-2H3/b13-9+. The van der Waals surface area contributed by atoms with Crippen LogP contribution in [0.1, 0.15) is 11.1 Å². The lowest BCUT2D eigenvalue weighted by Crippen LogP contribution is -2.28. The maximum absolute atomic E-state index is 13.6. The second-order valence-corrected chi connectivity index (χ2v) is 7.98. The number of halogens is 1. The van der Waals surface area contributed by atoms with Gasteiger partial charge in [0.05, 0.1) is 31.0 Å². The molecule has 0 atom stereocenters. The van der Waals surface area contributed by atoms with E-state index in [4.69, 9.17) is 9.47 Å². The molecule has 162 valence electrons. The molecule has 0 N–H and O–H groups in total. The van der Waals surface area contributed by atoms with E-state index in [1.807, 2.05) is 36.4 Å². The lowest BCUT2D eigenvalue weighted by atomic mass is 10.1. The van der Waals surface area contributed by atoms with Gasteiger partial charge in [0.1, 0.15) is 5.82 Å². The smallest absolute Gasteiger partial charge is 0.253 e. The number of nitrogens with zero attached hydrogens (tertiary/aromatic N) is 2. The molecule has 4 aromatic rings. The van der Waals surface area contributed by atoms with Crippen LogP contribution in [0.2, 0.25) is 0 Å². The number of anilines is 1. The molecule has 0 aliphatic heterocycles. The highest BCUT2D eigenvalue weighted by molar-refractivity contribution is 7.22. The molecule has 1 aromatic heterocycles. The predicted octanol–water partition coefficient (Wildman–Crippen LogP) is 5.70. The second kappa shape index (κ2) is 9.62. The van der Waals surface area contributed by atoms with Crippen LogP contribution in [0, 0.1) is 5.82 Å². The van der Waals surface area contributed by atoms with E-state index in [1.165, 1.54) is 29.5 Å². The average molecular weight is 449 g/mol. The molecule has 4 rings (SSSR count). The zero-order valence-corrected chi connectivity index (χ0v) is 18.4. The van der Waals surface area contributed by atoms with Crippen molar-refractivity contribution in [3.8, 4) is 11.5 Å². The van der Waals surface area contributed by atoms with Gasteiger partial charge in [-0.05, 0) is 47.5 Å². The molecule has 0 fully saturated rings. The van der Waals surface area contributed by atoms with Crippen LogP contribution >= 0.6 is 11.3 Å². The Labute approximate surface area is 189 Å². The molecule has 3 aromatic carbocycles. The van der Waals surface area contributed by atoms with Gasteiger partial charge in [-0.2, -0.15) is 0 Å². The minimum atomic E-state index is -0.331. The number of amides is 1. The van der Waals surface area contributed by atoms with Crippen molar-refractivity contribution in [3.05, 3.63) is 89.8 Å². The molecular formula is C25H21FN2O3S. The first-order valence-corrected chi connectivity index (χ1v) is 10.7. The highest BCUT2D eigenvalue weighted by Gasteiger charge is 2.19. The van der Waals surface area contributed by atoms with Gasteiger partial charge in [0.2, 0.25) is 0 Å². The molecule has 5 nitrogen and oxygen atoms in total. The van der Waals surface area contributed by atoms with Gasteiger partial charge in [-0.3, -0.25) is 9.69 Å². The lowest BCUT2D eigenvalue weighted by molar-refractivity contribution is -0.114. The average Bonchev–Trinajstić information content (AvgIpc) is 3.24. The fraction of sp³-hybridized carbons (Fsp3) is 0.120. The van der Waals surface area contributed by atoms with Gasteiger partial charge in [-0.25, -0.2) is 9.37 Å². The predicted molar refractivity (Wildman–Crippen MR) is 126 cm³/mol. The van der Waals surface area contributed by atoms with Crippen LogP contribution in [0.3, 0.4) is 0 Å². The van der Waals surface area contributed by atoms with Crippen molar-refractivity contribution in [1.29, 1.82) is 0 Å². The fourth-order valence-electron chi connectivity index (χ4n) is 3.22. The van der Waals surface area contributed by atoms with Gasteiger partial charge in [-0.1, -0.05) is 47.7 Å². The van der Waals surface area contributed by atoms with E-state index in [1.54, 1.807) is 43.4 Å². The SMILES string of the molecule is COc1ccc(/C=C/C(=O)N(Cc2ccccc2)c2nc3ccc(F)cc3s2)cc1OC. The number of aromatic nitrogens is 1. The van der Waals surface area contributed by atoms with Crippen molar-refractivity contribution in [3.63, 3.8) is 0 Å². The van der Waals surface area contributed by atoms with Crippen molar-refractivity contribution < 1.29 is 18.7 Å². The zero-order chi connectivity index (χ0) is 22.5. The number of thiazole rings is 1. The van der Waals surface area contributed by atoms with Gasteiger partial charge in [0.25, 0.3) is 5.91 Å². The third-order valence-electron chi connectivity index (χ3n) is 4.85. The number of methoxy groups -OCH3 is 2. The first-order valence-electron chi connectivity index (χ1n) is 9.89. The van der Waals surface area contributed by atoms with Crippen molar-refractivity contribution in [1.82, 2.24) is 4.98 Å². The quantitative estimate of drug-likeness (QED) is 0.340. The zero-order valence-electron chi connectivity index (χ0n) is 17.6. The Bertz CT molecular complexity index is 1270. The second-order valence-electron chi connectivity index (χ2n) is 6.97. The lowest BCUT2D eigenvalue weighted by Gasteiger charge is -2.18. The number of hydrogen-bond donors (Lipinski definition) is 0. The normalized spacial score (nSPS) is 11.1. The fourth-order valence-corrected chi connectivity index (χ4v) is 4.22. The number of carbonyl (C=O) groups excluding carboxylic acids is 1. The maximum atomic E-state index is 13.6. The first kappa shape index (κ1) is 21.5. The number of carbonyl (C=O) groups is 1. The van der Waals surface area contributed by atoms with Gasteiger partial charge in [-0.15, -0.1) is 0 Å². The highest BCUT2D eigenvalue weighted by Crippen LogP contribution is 2.31. The van der Waals surface area contributed by atoms with E-state index in [2.05, 4.69) is 4.98 Å². The molecule has 0 unspecified atom stereocenters. The van der Waals surface area contributed by atoms with E-state index in [-0.39, 0.29) is 11.7 Å². The monoisotopic (exact) mass is 448 g/mol. The van der Waals surface area contributed by atoms with Crippen molar-refractivity contribution in [2.45, 2.75) is 6.54 Å². The third-order valence-corrected chi connectivity index (χ3v) is 5.89. The minimum Gasteiger partial charge on any atom is -0.493 e. The largest absolute Gasteiger partial charge is 0.493 e. The van der Waals surface area contributed by atoms with E-state index in [0.29, 0.717) is 33.4 Å². The van der Waals surface area contributed by atoms with Crippen LogP contribution in [0.25, 0.3) is 16.3 Å². The molecule has 1 amide bonds. The molecule has 0 saturated carbocycles. The van der Waals surface area contributed by atoms with Gasteiger partial charge >= 0.3 is 0 Å². The Balaban J connectivity index is 1.65. The molecule has 1 heterocycles. The van der Waals surface area contributed by atoms with Crippen LogP contribution in [-0.4, -0.2) is 25.1 Å². The molecule has 0 aliphatic carbocycles. The summed E-state index contributed by atoms with van der Waals surface area (Å²) in [6, 6.07) is 19.5. The molecule has 32 heavy (non-hydrogen) atoms. The van der Waals surface area contributed by atoms with Crippen molar-refractivity contribution in [2.24, 2.45) is 0 Å². The summed E-state index contributed by atoms with van der Waals surface area (Å²) in [6.07, 6.45) is 3.21. The number of benzene rings is 3. The van der Waals surface area contributed by atoms with Crippen LogP contribution in [0.5, 0.6) is 11.5 Å². The van der Waals surface area contributed by atoms with Gasteiger partial charge in [0.15, 0.2) is 16.6 Å². The highest BCUT2D eigenvalue weighted by atomic mass is 32.1. The summed E-state index contributed by atoms with van der Waals surface area (Å²) >= 11 is 1.28. The van der Waals surface area contributed by atoms with Gasteiger partial charge < -0.3 is 9.47 Å². The van der Waals surface area contributed by atoms with E-state index in [9.17, 15) is 9.18 Å². The Kier molecular flexibility index (Phi) is 6.47. The summed E-state index contributed by atoms with van der Waals surface area (Å²) < 4.78 is 24.9. The Morgan fingerprint density at radius 3 is 2.56 bits per heavy atom. The number of ether oxygens (including phenoxy) is 2. The summed E-state index contributed by atoms with van der Waals surface area (Å²) in [5.74, 6) is 0.630. The minimum absolute atomic E-state index is 0.233. The Hall–Kier alpha value is -3.71. The first-order chi connectivity index (χ1) is 15.6. The van der Waals surface area contributed by atoms with E-state index in [0.717, 1.165) is 11.1 Å². The Morgan fingerprint density at radius 1 is 1.03 bits per heavy atom. The number of hydrogen-bond acceptors (Lipinski definition) is 5. The summed E-state index contributed by atoms with van der Waals surface area (Å²) in [7, 11) is 3.14. The van der Waals surface area contributed by atoms with Crippen molar-refractivity contribution in [2.75, 3.05) is 19.1 Å². The maximum Gasteiger partial charge on any atom is 0.253 e. The van der Waals surface area contributed by atoms with Crippen LogP contribution in [0.15, 0.2) is 72.8 Å². The summed E-state index contributed by atoms with van der Waals surface area (Å²) in [5, 5.41) is 0.511. The van der Waals surface area contributed by atoms with Crippen LogP contribution < -0.4 is 14.4 Å². The molecule has 0 radical (unpaired) electrons. The molecular weight excluding hydrogens is 427 g/mol. The Morgan fingerprint density at radius 2 is 1.81 bits per heavy atom. The van der Waals surface area contributed by atoms with E-state index >= 15 is 0 Å².